The highest BCUT2D eigenvalue weighted by atomic mass is 19.4. The minimum Gasteiger partial charge on any atom is -0.313 e. The summed E-state index contributed by atoms with van der Waals surface area (Å²) in [6.45, 7) is 0. The van der Waals surface area contributed by atoms with Crippen LogP contribution in [0.5, 0.6) is 0 Å². The second kappa shape index (κ2) is 7.09. The number of carbonyl (C=O) groups excluding carboxylic acids is 1. The normalized spacial score (nSPS) is 15.6. The number of para-hydroxylation sites is 1. The number of nitrogens with zero attached hydrogens (tertiary/aromatic N) is 1. The highest BCUT2D eigenvalue weighted by Gasteiger charge is 2.31. The van der Waals surface area contributed by atoms with Gasteiger partial charge in [-0.3, -0.25) is 15.5 Å². The Morgan fingerprint density at radius 1 is 1.19 bits per heavy atom. The Morgan fingerprint density at radius 2 is 1.93 bits per heavy atom. The number of carbonyl (C=O) groups is 1. The summed E-state index contributed by atoms with van der Waals surface area (Å²) in [6, 6.07) is 7.78. The van der Waals surface area contributed by atoms with Gasteiger partial charge in [-0.15, -0.1) is 0 Å². The maximum Gasteiger partial charge on any atom is 0.416 e. The van der Waals surface area contributed by atoms with Crippen molar-refractivity contribution in [2.75, 3.05) is 10.7 Å². The average molecular weight is 382 g/mol. The molecule has 0 bridgehead atoms. The van der Waals surface area contributed by atoms with Crippen molar-refractivity contribution in [3.63, 3.8) is 0 Å². The molecular formula is C15H13F3N6O3. The van der Waals surface area contributed by atoms with Crippen LogP contribution in [0.2, 0.25) is 0 Å². The fourth-order valence-corrected chi connectivity index (χ4v) is 2.50. The van der Waals surface area contributed by atoms with Gasteiger partial charge in [0, 0.05) is 17.3 Å². The van der Waals surface area contributed by atoms with Gasteiger partial charge < -0.3 is 10.7 Å². The van der Waals surface area contributed by atoms with E-state index in [2.05, 4.69) is 27.0 Å². The van der Waals surface area contributed by atoms with Crippen LogP contribution in [0.15, 0.2) is 42.5 Å². The van der Waals surface area contributed by atoms with E-state index in [0.29, 0.717) is 5.56 Å². The number of halogens is 3. The summed E-state index contributed by atoms with van der Waals surface area (Å²) < 4.78 is 38.1. The van der Waals surface area contributed by atoms with Crippen LogP contribution in [0, 0.1) is 10.1 Å². The summed E-state index contributed by atoms with van der Waals surface area (Å²) in [6.07, 6.45) is -5.21. The number of alkyl halides is 3. The first kappa shape index (κ1) is 18.4. The maximum atomic E-state index is 12.7. The van der Waals surface area contributed by atoms with E-state index >= 15 is 0 Å². The minimum atomic E-state index is -4.52. The smallest absolute Gasteiger partial charge is 0.313 e. The molecule has 0 fully saturated rings. The maximum absolute atomic E-state index is 12.7. The van der Waals surface area contributed by atoms with E-state index in [-0.39, 0.29) is 17.1 Å². The summed E-state index contributed by atoms with van der Waals surface area (Å²) in [5, 5.41) is 13.3. The number of nitrogens with one attached hydrogen (secondary N) is 5. The summed E-state index contributed by atoms with van der Waals surface area (Å²) in [5.74, 6) is 0. The summed E-state index contributed by atoms with van der Waals surface area (Å²) in [5.41, 5.74) is 9.87. The molecule has 1 unspecified atom stereocenters. The molecule has 12 heteroatoms. The van der Waals surface area contributed by atoms with Crippen molar-refractivity contribution < 1.29 is 22.9 Å². The van der Waals surface area contributed by atoms with Gasteiger partial charge in [-0.1, -0.05) is 18.2 Å². The third-order valence-electron chi connectivity index (χ3n) is 3.70. The molecule has 0 aliphatic carbocycles. The van der Waals surface area contributed by atoms with Gasteiger partial charge >= 0.3 is 12.2 Å². The molecule has 1 heterocycles. The van der Waals surface area contributed by atoms with E-state index < -0.39 is 28.9 Å². The van der Waals surface area contributed by atoms with Crippen LogP contribution in [-0.4, -0.2) is 11.0 Å². The predicted octanol–water partition coefficient (Wildman–Crippen LogP) is 2.87. The van der Waals surface area contributed by atoms with Crippen LogP contribution in [-0.2, 0) is 6.18 Å². The number of hydrogen-bond acceptors (Lipinski definition) is 6. The number of anilines is 2. The molecule has 0 radical (unpaired) electrons. The zero-order valence-corrected chi connectivity index (χ0v) is 13.4. The van der Waals surface area contributed by atoms with Gasteiger partial charge in [0.1, 0.15) is 11.9 Å². The Labute approximate surface area is 150 Å². The van der Waals surface area contributed by atoms with Gasteiger partial charge in [-0.25, -0.2) is 15.6 Å². The number of amides is 2. The molecule has 2 aromatic carbocycles. The predicted molar refractivity (Wildman–Crippen MR) is 89.3 cm³/mol. The standard InChI is InChI=1S/C15H13F3N6O3/c16-15(17,18)8-3-1-4-9(7-8)19-14(25)23-22-13-10-5-2-6-11(24(26)27)12(10)20-21-13/h1-7,13,20-22H,(H2,19,23,25). The second-order valence-electron chi connectivity index (χ2n) is 5.50. The molecular weight excluding hydrogens is 369 g/mol. The molecule has 0 spiro atoms. The van der Waals surface area contributed by atoms with Crippen LogP contribution >= 0.6 is 0 Å². The Balaban J connectivity index is 1.62. The molecule has 142 valence electrons. The Hall–Kier alpha value is -3.38. The van der Waals surface area contributed by atoms with Gasteiger partial charge in [-0.2, -0.15) is 13.2 Å². The van der Waals surface area contributed by atoms with E-state index in [9.17, 15) is 28.1 Å². The number of nitro groups is 1. The van der Waals surface area contributed by atoms with Crippen molar-refractivity contribution in [2.45, 2.75) is 12.3 Å². The lowest BCUT2D eigenvalue weighted by Crippen LogP contribution is -2.46. The zero-order chi connectivity index (χ0) is 19.6. The van der Waals surface area contributed by atoms with Gasteiger partial charge in [0.2, 0.25) is 0 Å². The van der Waals surface area contributed by atoms with Gasteiger partial charge in [0.25, 0.3) is 5.69 Å². The molecule has 1 atom stereocenters. The number of hydrogen-bond donors (Lipinski definition) is 5. The third kappa shape index (κ3) is 4.07. The summed E-state index contributed by atoms with van der Waals surface area (Å²) in [4.78, 5) is 22.3. The summed E-state index contributed by atoms with van der Waals surface area (Å²) in [7, 11) is 0. The Bertz CT molecular complexity index is 889. The van der Waals surface area contributed by atoms with Crippen molar-refractivity contribution in [1.29, 1.82) is 0 Å². The van der Waals surface area contributed by atoms with E-state index in [1.54, 1.807) is 6.07 Å². The first-order chi connectivity index (χ1) is 12.8. The topological polar surface area (TPSA) is 120 Å². The SMILES string of the molecule is O=C(NNC1NNc2c1cccc2[N+](=O)[O-])Nc1cccc(C(F)(F)F)c1. The first-order valence-corrected chi connectivity index (χ1v) is 7.54. The highest BCUT2D eigenvalue weighted by molar-refractivity contribution is 5.89. The average Bonchev–Trinajstić information content (AvgIpc) is 3.02. The van der Waals surface area contributed by atoms with E-state index in [1.807, 2.05) is 0 Å². The first-order valence-electron chi connectivity index (χ1n) is 7.54. The number of benzene rings is 2. The molecule has 2 aromatic rings. The fraction of sp³-hybridized carbons (Fsp3) is 0.133. The van der Waals surface area contributed by atoms with Gasteiger partial charge in [0.05, 0.1) is 10.5 Å². The molecule has 3 rings (SSSR count). The number of fused-ring (bicyclic) bond motifs is 1. The number of nitro benzene ring substituents is 1. The van der Waals surface area contributed by atoms with Crippen LogP contribution in [0.1, 0.15) is 17.3 Å². The molecule has 9 nitrogen and oxygen atoms in total. The van der Waals surface area contributed by atoms with Gasteiger partial charge in [-0.05, 0) is 18.2 Å². The van der Waals surface area contributed by atoms with Crippen molar-refractivity contribution in [1.82, 2.24) is 16.3 Å². The highest BCUT2D eigenvalue weighted by Crippen LogP contribution is 2.34. The second-order valence-corrected chi connectivity index (χ2v) is 5.50. The number of urea groups is 1. The van der Waals surface area contributed by atoms with Crippen molar-refractivity contribution in [3.05, 3.63) is 63.7 Å². The third-order valence-corrected chi connectivity index (χ3v) is 3.70. The lowest BCUT2D eigenvalue weighted by Gasteiger charge is -2.15. The number of rotatable bonds is 4. The zero-order valence-electron chi connectivity index (χ0n) is 13.4. The van der Waals surface area contributed by atoms with E-state index in [1.165, 1.54) is 24.3 Å². The van der Waals surface area contributed by atoms with E-state index in [4.69, 9.17) is 0 Å². The van der Waals surface area contributed by atoms with Crippen LogP contribution in [0.3, 0.4) is 0 Å². The lowest BCUT2D eigenvalue weighted by atomic mass is 10.1. The van der Waals surface area contributed by atoms with Crippen molar-refractivity contribution >= 4 is 23.1 Å². The molecule has 5 N–H and O–H groups in total. The molecule has 27 heavy (non-hydrogen) atoms. The lowest BCUT2D eigenvalue weighted by molar-refractivity contribution is -0.384. The molecule has 2 amide bonds. The van der Waals surface area contributed by atoms with Crippen LogP contribution in [0.4, 0.5) is 35.0 Å². The quantitative estimate of drug-likeness (QED) is 0.410. The molecule has 1 aliphatic heterocycles. The largest absolute Gasteiger partial charge is 0.416 e. The molecule has 0 aromatic heterocycles. The van der Waals surface area contributed by atoms with Gasteiger partial charge in [0.15, 0.2) is 0 Å². The molecule has 0 saturated carbocycles. The minimum absolute atomic E-state index is 0.0438. The van der Waals surface area contributed by atoms with Crippen molar-refractivity contribution in [2.24, 2.45) is 0 Å². The molecule has 1 aliphatic rings. The molecule has 0 saturated heterocycles. The van der Waals surface area contributed by atoms with Crippen LogP contribution < -0.4 is 27.0 Å². The monoisotopic (exact) mass is 382 g/mol. The Morgan fingerprint density at radius 3 is 2.63 bits per heavy atom. The van der Waals surface area contributed by atoms with Crippen LogP contribution in [0.25, 0.3) is 0 Å². The number of hydrazine groups is 2. The van der Waals surface area contributed by atoms with Crippen molar-refractivity contribution in [3.8, 4) is 0 Å². The fourth-order valence-electron chi connectivity index (χ4n) is 2.50. The van der Waals surface area contributed by atoms with E-state index in [0.717, 1.165) is 12.1 Å². The summed E-state index contributed by atoms with van der Waals surface area (Å²) >= 11 is 0. The Kier molecular flexibility index (Phi) is 4.83.